The second kappa shape index (κ2) is 13.0. The first-order valence-corrected chi connectivity index (χ1v) is 15.7. The van der Waals surface area contributed by atoms with E-state index in [4.69, 9.17) is 25.8 Å². The third-order valence-corrected chi connectivity index (χ3v) is 9.92. The maximum Gasteiger partial charge on any atom is 0.321 e. The molecule has 218 valence electrons. The predicted octanol–water partition coefficient (Wildman–Crippen LogP) is -0.416. The van der Waals surface area contributed by atoms with Crippen molar-refractivity contribution in [3.8, 4) is 0 Å². The maximum absolute atomic E-state index is 13.3. The Morgan fingerprint density at radius 2 is 2.12 bits per heavy atom. The molecule has 6 N–H and O–H groups in total. The van der Waals surface area contributed by atoms with Gasteiger partial charge < -0.3 is 31.1 Å². The minimum absolute atomic E-state index is 0.0679. The highest BCUT2D eigenvalue weighted by atomic mass is 32.2. The second-order valence-corrected chi connectivity index (χ2v) is 12.7. The number of fused-ring (bicyclic) bond motifs is 1. The summed E-state index contributed by atoms with van der Waals surface area (Å²) in [7, 11) is -0.582. The van der Waals surface area contributed by atoms with E-state index in [1.807, 2.05) is 0 Å². The van der Waals surface area contributed by atoms with E-state index in [1.54, 1.807) is 0 Å². The third kappa shape index (κ3) is 6.53. The van der Waals surface area contributed by atoms with Gasteiger partial charge in [-0.1, -0.05) is 28.7 Å². The minimum Gasteiger partial charge on any atom is -0.480 e. The molecule has 0 bridgehead atoms. The predicted molar refractivity (Wildman–Crippen MR) is 151 cm³/mol. The smallest absolute Gasteiger partial charge is 0.321 e. The lowest BCUT2D eigenvalue weighted by atomic mass is 10.0. The van der Waals surface area contributed by atoms with Crippen molar-refractivity contribution in [1.29, 1.82) is 0 Å². The molecule has 0 aliphatic carbocycles. The first-order valence-electron chi connectivity index (χ1n) is 11.4. The largest absolute Gasteiger partial charge is 0.480 e. The van der Waals surface area contributed by atoms with Gasteiger partial charge in [0.1, 0.15) is 36.0 Å². The van der Waals surface area contributed by atoms with Crippen molar-refractivity contribution < 1.29 is 42.5 Å². The van der Waals surface area contributed by atoms with Crippen molar-refractivity contribution in [3.05, 3.63) is 46.5 Å². The normalized spacial score (nSPS) is 21.1. The molecule has 1 unspecified atom stereocenters. The van der Waals surface area contributed by atoms with Crippen LogP contribution in [0.3, 0.4) is 0 Å². The molecule has 4 heterocycles. The number of thioether (sulfide) groups is 2. The number of amides is 2. The summed E-state index contributed by atoms with van der Waals surface area (Å²) in [6.45, 7) is 0. The van der Waals surface area contributed by atoms with Crippen molar-refractivity contribution in [2.45, 2.75) is 17.5 Å². The van der Waals surface area contributed by atoms with Crippen LogP contribution in [0.25, 0.3) is 0 Å². The van der Waals surface area contributed by atoms with E-state index in [0.717, 1.165) is 28.0 Å². The van der Waals surface area contributed by atoms with Crippen molar-refractivity contribution in [2.24, 2.45) is 10.9 Å². The number of nitrogens with one attached hydrogen (secondary N) is 1. The molecule has 0 aromatic carbocycles. The Balaban J connectivity index is 1.58. The fourth-order valence-electron chi connectivity index (χ4n) is 3.78. The van der Waals surface area contributed by atoms with Crippen LogP contribution >= 0.6 is 34.9 Å². The molecular weight excluding hydrogens is 621 g/mol. The number of aliphatic carboxylic acids is 1. The molecule has 2 aliphatic rings. The molecule has 1 saturated heterocycles. The number of carboxylic acids is 1. The molecule has 4 atom stereocenters. The summed E-state index contributed by atoms with van der Waals surface area (Å²) >= 11 is 2.41. The number of nitrogen functional groups attached to an aromatic ring is 1. The van der Waals surface area contributed by atoms with Crippen LogP contribution in [0.15, 0.2) is 44.6 Å². The second-order valence-electron chi connectivity index (χ2n) is 8.32. The van der Waals surface area contributed by atoms with Gasteiger partial charge in [0.05, 0.1) is 22.8 Å². The number of thiazole rings is 1. The van der Waals surface area contributed by atoms with E-state index in [1.165, 1.54) is 30.9 Å². The van der Waals surface area contributed by atoms with E-state index in [9.17, 15) is 28.2 Å². The zero-order chi connectivity index (χ0) is 29.8. The number of hydrogen-bond acceptors (Lipinski definition) is 15. The van der Waals surface area contributed by atoms with Gasteiger partial charge in [-0.05, 0) is 17.7 Å². The number of anilines is 1. The molecule has 41 heavy (non-hydrogen) atoms. The van der Waals surface area contributed by atoms with Crippen molar-refractivity contribution in [1.82, 2.24) is 15.2 Å². The van der Waals surface area contributed by atoms with E-state index in [-0.39, 0.29) is 50.8 Å². The summed E-state index contributed by atoms with van der Waals surface area (Å²) < 4.78 is 18.4. The molecule has 0 spiro atoms. The molecule has 2 amide bonds. The first kappa shape index (κ1) is 30.4. The molecule has 15 nitrogen and oxygen atoms in total. The van der Waals surface area contributed by atoms with Gasteiger partial charge in [0.2, 0.25) is 5.12 Å². The SMILES string of the molecule is CO/N=C(\C(=O)N[C@@H]1C(=O)N2C(C(=O)SC[C@@H](N)C(=O)O)=C(CSC(=O)c3ccco3)CS(=O)[C@H]12)c1csc(N)n1. The number of hydrogen-bond donors (Lipinski definition) is 4. The summed E-state index contributed by atoms with van der Waals surface area (Å²) in [5.41, 5.74) is 11.1. The zero-order valence-corrected chi connectivity index (χ0v) is 24.3. The molecule has 1 fully saturated rings. The quantitative estimate of drug-likeness (QED) is 0.138. The average molecular weight is 643 g/mol. The third-order valence-electron chi connectivity index (χ3n) is 5.66. The lowest BCUT2D eigenvalue weighted by Crippen LogP contribution is -2.74. The summed E-state index contributed by atoms with van der Waals surface area (Å²) in [4.78, 5) is 72.9. The summed E-state index contributed by atoms with van der Waals surface area (Å²) in [6, 6.07) is 0.355. The van der Waals surface area contributed by atoms with E-state index in [2.05, 4.69) is 15.5 Å². The van der Waals surface area contributed by atoms with E-state index < -0.39 is 56.3 Å². The molecule has 0 saturated carbocycles. The minimum atomic E-state index is -1.79. The highest BCUT2D eigenvalue weighted by Gasteiger charge is 2.57. The summed E-state index contributed by atoms with van der Waals surface area (Å²) in [5.74, 6) is -3.42. The van der Waals surface area contributed by atoms with Gasteiger partial charge in [-0.25, -0.2) is 4.98 Å². The van der Waals surface area contributed by atoms with Crippen LogP contribution in [0, 0.1) is 0 Å². The number of nitrogens with zero attached hydrogens (tertiary/aromatic N) is 3. The number of nitrogens with two attached hydrogens (primary N) is 2. The van der Waals surface area contributed by atoms with Gasteiger partial charge in [-0.15, -0.1) is 11.3 Å². The van der Waals surface area contributed by atoms with Crippen LogP contribution in [0.4, 0.5) is 5.13 Å². The Hall–Kier alpha value is -3.52. The van der Waals surface area contributed by atoms with Crippen LogP contribution < -0.4 is 16.8 Å². The Morgan fingerprint density at radius 3 is 2.73 bits per heavy atom. The van der Waals surface area contributed by atoms with Crippen LogP contribution in [0.2, 0.25) is 0 Å². The Labute approximate surface area is 246 Å². The van der Waals surface area contributed by atoms with Crippen LogP contribution in [-0.4, -0.2) is 94.8 Å². The molecule has 19 heteroatoms. The Kier molecular flexibility index (Phi) is 9.64. The number of carbonyl (C=O) groups is 5. The van der Waals surface area contributed by atoms with Gasteiger partial charge in [0, 0.05) is 16.9 Å². The first-order chi connectivity index (χ1) is 19.5. The molecule has 2 aromatic heterocycles. The molecule has 0 radical (unpaired) electrons. The molecule has 2 aromatic rings. The van der Waals surface area contributed by atoms with Gasteiger partial charge in [0.25, 0.3) is 16.9 Å². The fraction of sp³-hybridized carbons (Fsp3) is 0.318. The lowest BCUT2D eigenvalue weighted by Gasteiger charge is -2.49. The van der Waals surface area contributed by atoms with Crippen molar-refractivity contribution in [3.63, 3.8) is 0 Å². The van der Waals surface area contributed by atoms with E-state index >= 15 is 0 Å². The maximum atomic E-state index is 13.3. The lowest BCUT2D eigenvalue weighted by molar-refractivity contribution is -0.146. The highest BCUT2D eigenvalue weighted by Crippen LogP contribution is 2.38. The topological polar surface area (TPSA) is 238 Å². The van der Waals surface area contributed by atoms with Gasteiger partial charge in [-0.3, -0.25) is 33.1 Å². The number of oxime groups is 1. The van der Waals surface area contributed by atoms with E-state index in [0.29, 0.717) is 11.8 Å². The van der Waals surface area contributed by atoms with Crippen LogP contribution in [0.1, 0.15) is 16.2 Å². The number of carbonyl (C=O) groups excluding carboxylic acids is 4. The number of aromatic nitrogens is 1. The van der Waals surface area contributed by atoms with Crippen LogP contribution in [-0.2, 0) is 34.8 Å². The Morgan fingerprint density at radius 1 is 1.37 bits per heavy atom. The number of carboxylic acid groups (broad SMARTS) is 1. The van der Waals surface area contributed by atoms with Gasteiger partial charge >= 0.3 is 5.97 Å². The van der Waals surface area contributed by atoms with Crippen LogP contribution in [0.5, 0.6) is 0 Å². The molecular formula is C22H22N6O9S4. The Bertz CT molecular complexity index is 1470. The number of β-lactam (4-membered cyclic amide) rings is 1. The number of rotatable bonds is 11. The number of furan rings is 1. The monoisotopic (exact) mass is 642 g/mol. The molecule has 2 aliphatic heterocycles. The van der Waals surface area contributed by atoms with Crippen molar-refractivity contribution in [2.75, 3.05) is 30.1 Å². The fourth-order valence-corrected chi connectivity index (χ4v) is 7.80. The molecule has 4 rings (SSSR count). The standard InChI is InChI=1S/C22H22N6O9S4/c1-36-27-13(11-7-40-22(24)25-11)16(29)26-14-17(30)28-15(21(34)39-6-10(23)19(31)32)9(8-41(35)18(14)28)5-38-20(33)12-3-2-4-37-12/h2-4,7,10,14,18H,5-6,8,23H2,1H3,(H2,24,25)(H,26,29)(H,31,32)/b27-13-/t10-,14-,18-,41?/m1/s1. The zero-order valence-electron chi connectivity index (χ0n) is 21.0. The summed E-state index contributed by atoms with van der Waals surface area (Å²) in [5, 5.41) is 14.6. The van der Waals surface area contributed by atoms with Crippen molar-refractivity contribution >= 4 is 84.5 Å². The average Bonchev–Trinajstić information content (AvgIpc) is 3.63. The highest BCUT2D eigenvalue weighted by molar-refractivity contribution is 8.14. The summed E-state index contributed by atoms with van der Waals surface area (Å²) in [6.07, 6.45) is 1.32. The van der Waals surface area contributed by atoms with Gasteiger partial charge in [-0.2, -0.15) is 0 Å². The van der Waals surface area contributed by atoms with Gasteiger partial charge in [0.15, 0.2) is 16.6 Å².